The standard InChI is InChI=1S/C20H15BrN2.C2H6/c21-17-12-18(15-8-6-3-7-9-15)20-22-19(14-23(20)13-17)16-10-4-1-2-5-11-16;1-2/h1-14,16H;1-2H3. The van der Waals surface area contributed by atoms with Crippen LogP contribution in [0.1, 0.15) is 25.5 Å². The molecule has 4 rings (SSSR count). The Bertz CT molecular complexity index is 917. The molecule has 2 aromatic heterocycles. The largest absolute Gasteiger partial charge is 0.305 e. The molecular formula is C22H21BrN2. The Hall–Kier alpha value is -2.39. The third kappa shape index (κ3) is 3.83. The predicted molar refractivity (Wildman–Crippen MR) is 110 cm³/mol. The highest BCUT2D eigenvalue weighted by Gasteiger charge is 2.14. The van der Waals surface area contributed by atoms with Crippen molar-refractivity contribution in [2.24, 2.45) is 0 Å². The normalized spacial score (nSPS) is 13.6. The lowest BCUT2D eigenvalue weighted by atomic mass is 10.1. The van der Waals surface area contributed by atoms with E-state index in [-0.39, 0.29) is 5.92 Å². The van der Waals surface area contributed by atoms with Crippen LogP contribution in [0.2, 0.25) is 0 Å². The summed E-state index contributed by atoms with van der Waals surface area (Å²) < 4.78 is 3.14. The molecule has 3 heteroatoms. The van der Waals surface area contributed by atoms with Crippen molar-refractivity contribution < 1.29 is 0 Å². The van der Waals surface area contributed by atoms with Gasteiger partial charge in [0.15, 0.2) is 0 Å². The van der Waals surface area contributed by atoms with E-state index in [1.54, 1.807) is 0 Å². The van der Waals surface area contributed by atoms with Gasteiger partial charge in [-0.15, -0.1) is 0 Å². The fourth-order valence-electron chi connectivity index (χ4n) is 2.83. The third-order valence-corrected chi connectivity index (χ3v) is 4.37. The van der Waals surface area contributed by atoms with Crippen molar-refractivity contribution in [3.63, 3.8) is 0 Å². The molecule has 1 aliphatic rings. The lowest BCUT2D eigenvalue weighted by molar-refractivity contribution is 1.02. The second-order valence-electron chi connectivity index (χ2n) is 5.52. The van der Waals surface area contributed by atoms with Gasteiger partial charge >= 0.3 is 0 Å². The lowest BCUT2D eigenvalue weighted by Gasteiger charge is -2.05. The minimum Gasteiger partial charge on any atom is -0.305 e. The van der Waals surface area contributed by atoms with Crippen molar-refractivity contribution in [3.05, 3.63) is 95.4 Å². The van der Waals surface area contributed by atoms with Crippen molar-refractivity contribution in [2.45, 2.75) is 19.8 Å². The van der Waals surface area contributed by atoms with E-state index in [9.17, 15) is 0 Å². The number of imidazole rings is 1. The van der Waals surface area contributed by atoms with E-state index in [0.717, 1.165) is 21.4 Å². The maximum absolute atomic E-state index is 4.91. The number of allylic oxidation sites excluding steroid dienone is 6. The first-order valence-electron chi connectivity index (χ1n) is 8.56. The second-order valence-corrected chi connectivity index (χ2v) is 6.43. The summed E-state index contributed by atoms with van der Waals surface area (Å²) in [5.74, 6) is 0.201. The molecule has 0 amide bonds. The maximum Gasteiger partial charge on any atom is 0.145 e. The molecule has 1 aromatic carbocycles. The van der Waals surface area contributed by atoms with Gasteiger partial charge in [-0.3, -0.25) is 0 Å². The van der Waals surface area contributed by atoms with Crippen LogP contribution in [0.4, 0.5) is 0 Å². The Labute approximate surface area is 157 Å². The average molecular weight is 393 g/mol. The van der Waals surface area contributed by atoms with Crippen LogP contribution in [-0.2, 0) is 0 Å². The molecule has 0 atom stereocenters. The van der Waals surface area contributed by atoms with Crippen LogP contribution >= 0.6 is 15.9 Å². The third-order valence-electron chi connectivity index (χ3n) is 3.93. The zero-order valence-electron chi connectivity index (χ0n) is 14.4. The number of pyridine rings is 1. The lowest BCUT2D eigenvalue weighted by Crippen LogP contribution is -1.90. The zero-order chi connectivity index (χ0) is 17.6. The topological polar surface area (TPSA) is 17.3 Å². The monoisotopic (exact) mass is 392 g/mol. The highest BCUT2D eigenvalue weighted by Crippen LogP contribution is 2.29. The zero-order valence-corrected chi connectivity index (χ0v) is 16.0. The summed E-state index contributed by atoms with van der Waals surface area (Å²) in [6, 6.07) is 12.5. The molecule has 2 nitrogen and oxygen atoms in total. The number of hydrogen-bond donors (Lipinski definition) is 0. The van der Waals surface area contributed by atoms with E-state index in [1.807, 2.05) is 32.1 Å². The summed E-state index contributed by atoms with van der Waals surface area (Å²) in [6.07, 6.45) is 16.7. The summed E-state index contributed by atoms with van der Waals surface area (Å²) >= 11 is 3.61. The van der Waals surface area contributed by atoms with Crippen molar-refractivity contribution in [3.8, 4) is 11.1 Å². The first-order valence-corrected chi connectivity index (χ1v) is 9.36. The molecule has 0 spiro atoms. The molecule has 0 saturated carbocycles. The molecule has 2 heterocycles. The van der Waals surface area contributed by atoms with Gasteiger partial charge in [0.05, 0.1) is 5.69 Å². The average Bonchev–Trinajstić information content (AvgIpc) is 2.89. The van der Waals surface area contributed by atoms with Crippen molar-refractivity contribution in [1.29, 1.82) is 0 Å². The van der Waals surface area contributed by atoms with Gasteiger partial charge in [0, 0.05) is 28.3 Å². The minimum absolute atomic E-state index is 0.201. The molecular weight excluding hydrogens is 372 g/mol. The molecule has 0 N–H and O–H groups in total. The fourth-order valence-corrected chi connectivity index (χ4v) is 3.28. The van der Waals surface area contributed by atoms with Crippen LogP contribution in [-0.4, -0.2) is 9.38 Å². The first-order chi connectivity index (χ1) is 12.3. The molecule has 1 aliphatic carbocycles. The Kier molecular flexibility index (Phi) is 5.67. The number of rotatable bonds is 2. The molecule has 25 heavy (non-hydrogen) atoms. The number of halogens is 1. The molecule has 0 radical (unpaired) electrons. The van der Waals surface area contributed by atoms with E-state index in [2.05, 4.69) is 87.4 Å². The van der Waals surface area contributed by atoms with E-state index in [4.69, 9.17) is 4.98 Å². The smallest absolute Gasteiger partial charge is 0.145 e. The minimum atomic E-state index is 0.201. The highest BCUT2D eigenvalue weighted by atomic mass is 79.9. The van der Waals surface area contributed by atoms with Crippen molar-refractivity contribution in [1.82, 2.24) is 9.38 Å². The van der Waals surface area contributed by atoms with Crippen LogP contribution in [0.25, 0.3) is 16.8 Å². The van der Waals surface area contributed by atoms with Crippen LogP contribution in [0.3, 0.4) is 0 Å². The quantitative estimate of drug-likeness (QED) is 0.482. The van der Waals surface area contributed by atoms with Crippen molar-refractivity contribution in [2.75, 3.05) is 0 Å². The maximum atomic E-state index is 4.91. The molecule has 0 fully saturated rings. The SMILES string of the molecule is Brc1cc(-c2ccccc2)c2nc(C3C=CC=CC=C3)cn2c1.CC. The molecule has 0 bridgehead atoms. The highest BCUT2D eigenvalue weighted by molar-refractivity contribution is 9.10. The van der Waals surface area contributed by atoms with E-state index < -0.39 is 0 Å². The molecule has 126 valence electrons. The van der Waals surface area contributed by atoms with Crippen LogP contribution in [0.5, 0.6) is 0 Å². The molecule has 0 saturated heterocycles. The van der Waals surface area contributed by atoms with E-state index in [1.165, 1.54) is 5.56 Å². The van der Waals surface area contributed by atoms with Gasteiger partial charge in [0.2, 0.25) is 0 Å². The Balaban J connectivity index is 0.000000880. The summed E-state index contributed by atoms with van der Waals surface area (Å²) in [4.78, 5) is 4.91. The summed E-state index contributed by atoms with van der Waals surface area (Å²) in [5.41, 5.74) is 4.33. The van der Waals surface area contributed by atoms with E-state index >= 15 is 0 Å². The fraction of sp³-hybridized carbons (Fsp3) is 0.136. The number of nitrogens with zero attached hydrogens (tertiary/aromatic N) is 2. The first kappa shape index (κ1) is 17.4. The second kappa shape index (κ2) is 8.13. The van der Waals surface area contributed by atoms with Gasteiger partial charge in [-0.25, -0.2) is 4.98 Å². The van der Waals surface area contributed by atoms with Crippen LogP contribution in [0.15, 0.2) is 89.7 Å². The van der Waals surface area contributed by atoms with Crippen LogP contribution < -0.4 is 0 Å². The summed E-state index contributed by atoms with van der Waals surface area (Å²) in [5, 5.41) is 0. The van der Waals surface area contributed by atoms with Gasteiger partial charge in [-0.05, 0) is 27.6 Å². The molecule has 0 unspecified atom stereocenters. The molecule has 3 aromatic rings. The number of fused-ring (bicyclic) bond motifs is 1. The van der Waals surface area contributed by atoms with Gasteiger partial charge in [-0.1, -0.05) is 80.6 Å². The van der Waals surface area contributed by atoms with Gasteiger partial charge in [0.25, 0.3) is 0 Å². The van der Waals surface area contributed by atoms with Gasteiger partial charge in [-0.2, -0.15) is 0 Å². The predicted octanol–water partition coefficient (Wildman–Crippen LogP) is 6.56. The van der Waals surface area contributed by atoms with E-state index in [0.29, 0.717) is 0 Å². The Morgan fingerprint density at radius 1 is 0.920 bits per heavy atom. The molecule has 0 aliphatic heterocycles. The Morgan fingerprint density at radius 3 is 2.28 bits per heavy atom. The Morgan fingerprint density at radius 2 is 1.60 bits per heavy atom. The number of hydrogen-bond acceptors (Lipinski definition) is 1. The summed E-state index contributed by atoms with van der Waals surface area (Å²) in [6.45, 7) is 4.00. The van der Waals surface area contributed by atoms with Gasteiger partial charge in [0.1, 0.15) is 5.65 Å². The number of benzene rings is 1. The van der Waals surface area contributed by atoms with Crippen molar-refractivity contribution >= 4 is 21.6 Å². The summed E-state index contributed by atoms with van der Waals surface area (Å²) in [7, 11) is 0. The number of aromatic nitrogens is 2. The van der Waals surface area contributed by atoms with Gasteiger partial charge < -0.3 is 4.40 Å². The van der Waals surface area contributed by atoms with Crippen LogP contribution in [0, 0.1) is 0 Å².